The van der Waals surface area contributed by atoms with Crippen molar-refractivity contribution < 1.29 is 33.6 Å². The van der Waals surface area contributed by atoms with Gasteiger partial charge < -0.3 is 29.4 Å². The van der Waals surface area contributed by atoms with Gasteiger partial charge in [0.05, 0.1) is 46.1 Å². The molecule has 0 saturated heterocycles. The van der Waals surface area contributed by atoms with E-state index < -0.39 is 12.1 Å². The molecular formula is C13H21NO7. The van der Waals surface area contributed by atoms with Crippen LogP contribution in [-0.4, -0.2) is 70.0 Å². The van der Waals surface area contributed by atoms with E-state index in [1.807, 2.05) is 0 Å². The highest BCUT2D eigenvalue weighted by Gasteiger charge is 1.99. The van der Waals surface area contributed by atoms with Crippen molar-refractivity contribution in [3.05, 3.63) is 0 Å². The van der Waals surface area contributed by atoms with Gasteiger partial charge in [0.25, 0.3) is 0 Å². The first-order valence-corrected chi connectivity index (χ1v) is 6.46. The number of amides is 1. The third-order valence-electron chi connectivity index (χ3n) is 2.01. The van der Waals surface area contributed by atoms with Gasteiger partial charge in [0.1, 0.15) is 0 Å². The number of terminal acetylenes is 1. The number of rotatable bonds is 13. The van der Waals surface area contributed by atoms with Crippen LogP contribution in [0.1, 0.15) is 6.42 Å². The van der Waals surface area contributed by atoms with Crippen LogP contribution in [0.15, 0.2) is 0 Å². The Bertz CT molecular complexity index is 327. The summed E-state index contributed by atoms with van der Waals surface area (Å²) in [6.07, 6.45) is 4.33. The number of ether oxygens (including phenoxy) is 4. The van der Waals surface area contributed by atoms with E-state index in [0.717, 1.165) is 0 Å². The molecule has 0 bridgehead atoms. The first kappa shape index (κ1) is 19.2. The normalized spacial score (nSPS) is 9.86. The lowest BCUT2D eigenvalue weighted by molar-refractivity contribution is -0.138. The fourth-order valence-electron chi connectivity index (χ4n) is 1.08. The topological polar surface area (TPSA) is 103 Å². The molecule has 1 amide bonds. The van der Waals surface area contributed by atoms with Crippen molar-refractivity contribution in [2.75, 3.05) is 52.8 Å². The van der Waals surface area contributed by atoms with Gasteiger partial charge in [-0.2, -0.15) is 0 Å². The zero-order chi connectivity index (χ0) is 15.8. The first-order valence-electron chi connectivity index (χ1n) is 6.46. The second-order valence-electron chi connectivity index (χ2n) is 3.69. The van der Waals surface area contributed by atoms with E-state index in [0.29, 0.717) is 39.6 Å². The highest BCUT2D eigenvalue weighted by Crippen LogP contribution is 1.84. The summed E-state index contributed by atoms with van der Waals surface area (Å²) in [7, 11) is 0. The average molecular weight is 303 g/mol. The van der Waals surface area contributed by atoms with E-state index in [1.54, 1.807) is 0 Å². The Balaban J connectivity index is 3.11. The Morgan fingerprint density at radius 2 is 1.57 bits per heavy atom. The molecule has 0 aliphatic rings. The predicted octanol–water partition coefficient (Wildman–Crippen LogP) is -0.130. The molecule has 21 heavy (non-hydrogen) atoms. The lowest BCUT2D eigenvalue weighted by atomic mass is 10.5. The second kappa shape index (κ2) is 14.6. The molecule has 2 N–H and O–H groups in total. The number of carboxylic acids is 1. The van der Waals surface area contributed by atoms with Crippen molar-refractivity contribution in [1.82, 2.24) is 5.32 Å². The first-order chi connectivity index (χ1) is 10.2. The number of hydrogen-bond acceptors (Lipinski definition) is 6. The smallest absolute Gasteiger partial charge is 0.408 e. The second-order valence-corrected chi connectivity index (χ2v) is 3.69. The predicted molar refractivity (Wildman–Crippen MR) is 72.9 cm³/mol. The standard InChI is InChI=1S/C13H21NO7/c1-2-5-21-13(17)14-4-7-19-9-11-20-10-8-18-6-3-12(15)16/h1H,3-11H2,(H,14,17)(H,15,16). The van der Waals surface area contributed by atoms with Crippen molar-refractivity contribution in [1.29, 1.82) is 0 Å². The highest BCUT2D eigenvalue weighted by molar-refractivity contribution is 5.67. The van der Waals surface area contributed by atoms with Gasteiger partial charge in [0.15, 0.2) is 6.61 Å². The quantitative estimate of drug-likeness (QED) is 0.361. The number of nitrogens with one attached hydrogen (secondary N) is 1. The van der Waals surface area contributed by atoms with Gasteiger partial charge in [0, 0.05) is 6.54 Å². The lowest BCUT2D eigenvalue weighted by Crippen LogP contribution is -2.28. The Labute approximate surface area is 123 Å². The minimum atomic E-state index is -0.888. The molecule has 0 aromatic heterocycles. The molecule has 0 rings (SSSR count). The number of carbonyl (C=O) groups excluding carboxylic acids is 1. The van der Waals surface area contributed by atoms with Crippen molar-refractivity contribution in [3.63, 3.8) is 0 Å². The molecule has 0 aliphatic heterocycles. The van der Waals surface area contributed by atoms with E-state index in [9.17, 15) is 9.59 Å². The Kier molecular flexibility index (Phi) is 13.3. The van der Waals surface area contributed by atoms with E-state index >= 15 is 0 Å². The summed E-state index contributed by atoms with van der Waals surface area (Å²) >= 11 is 0. The van der Waals surface area contributed by atoms with Crippen molar-refractivity contribution in [3.8, 4) is 12.3 Å². The number of carbonyl (C=O) groups is 2. The lowest BCUT2D eigenvalue weighted by Gasteiger charge is -2.07. The van der Waals surface area contributed by atoms with Crippen molar-refractivity contribution in [2.45, 2.75) is 6.42 Å². The maximum atomic E-state index is 10.9. The molecule has 0 aromatic rings. The van der Waals surface area contributed by atoms with Crippen LogP contribution in [0.5, 0.6) is 0 Å². The molecule has 0 fully saturated rings. The summed E-state index contributed by atoms with van der Waals surface area (Å²) in [4.78, 5) is 21.1. The van der Waals surface area contributed by atoms with Crippen LogP contribution in [0.4, 0.5) is 4.79 Å². The van der Waals surface area contributed by atoms with Crippen molar-refractivity contribution in [2.24, 2.45) is 0 Å². The van der Waals surface area contributed by atoms with E-state index in [4.69, 9.17) is 25.7 Å². The zero-order valence-corrected chi connectivity index (χ0v) is 11.8. The monoisotopic (exact) mass is 303 g/mol. The summed E-state index contributed by atoms with van der Waals surface area (Å²) in [5, 5.41) is 10.8. The van der Waals surface area contributed by atoms with Gasteiger partial charge in [-0.05, 0) is 0 Å². The molecule has 0 aromatic carbocycles. The fraction of sp³-hybridized carbons (Fsp3) is 0.692. The largest absolute Gasteiger partial charge is 0.481 e. The van der Waals surface area contributed by atoms with E-state index in [1.165, 1.54) is 0 Å². The van der Waals surface area contributed by atoms with Gasteiger partial charge in [0.2, 0.25) is 0 Å². The van der Waals surface area contributed by atoms with Crippen LogP contribution in [-0.2, 0) is 23.7 Å². The van der Waals surface area contributed by atoms with Crippen LogP contribution in [0.2, 0.25) is 0 Å². The Morgan fingerprint density at radius 1 is 1.00 bits per heavy atom. The minimum absolute atomic E-state index is 0.0140. The van der Waals surface area contributed by atoms with E-state index in [2.05, 4.69) is 16.0 Å². The molecule has 0 spiro atoms. The maximum absolute atomic E-state index is 10.9. The number of aliphatic carboxylic acids is 1. The van der Waals surface area contributed by atoms with Gasteiger partial charge >= 0.3 is 12.1 Å². The molecule has 0 atom stereocenters. The molecule has 8 heteroatoms. The summed E-state index contributed by atoms with van der Waals surface area (Å²) in [5.41, 5.74) is 0. The van der Waals surface area contributed by atoms with Gasteiger partial charge in [-0.3, -0.25) is 4.79 Å². The zero-order valence-electron chi connectivity index (χ0n) is 11.8. The summed E-state index contributed by atoms with van der Waals surface area (Å²) in [6, 6.07) is 0. The molecule has 0 heterocycles. The summed E-state index contributed by atoms with van der Waals surface area (Å²) in [6.45, 7) is 2.27. The van der Waals surface area contributed by atoms with Gasteiger partial charge in [-0.1, -0.05) is 5.92 Å². The molecule has 0 saturated carbocycles. The van der Waals surface area contributed by atoms with Crippen LogP contribution in [0, 0.1) is 12.3 Å². The minimum Gasteiger partial charge on any atom is -0.481 e. The molecule has 0 radical (unpaired) electrons. The van der Waals surface area contributed by atoms with E-state index in [-0.39, 0.29) is 19.6 Å². The highest BCUT2D eigenvalue weighted by atomic mass is 16.6. The molecule has 120 valence electrons. The van der Waals surface area contributed by atoms with Crippen LogP contribution < -0.4 is 5.32 Å². The van der Waals surface area contributed by atoms with Crippen LogP contribution in [0.3, 0.4) is 0 Å². The number of alkyl carbamates (subject to hydrolysis) is 1. The molecule has 0 aliphatic carbocycles. The van der Waals surface area contributed by atoms with Crippen LogP contribution >= 0.6 is 0 Å². The fourth-order valence-corrected chi connectivity index (χ4v) is 1.08. The maximum Gasteiger partial charge on any atom is 0.408 e. The number of hydrogen-bond donors (Lipinski definition) is 2. The molecule has 8 nitrogen and oxygen atoms in total. The average Bonchev–Trinajstić information content (AvgIpc) is 2.45. The number of carboxylic acid groups (broad SMARTS) is 1. The third-order valence-corrected chi connectivity index (χ3v) is 2.01. The Morgan fingerprint density at radius 3 is 2.14 bits per heavy atom. The Hall–Kier alpha value is -1.82. The third kappa shape index (κ3) is 16.1. The molecular weight excluding hydrogens is 282 g/mol. The van der Waals surface area contributed by atoms with Crippen LogP contribution in [0.25, 0.3) is 0 Å². The van der Waals surface area contributed by atoms with Crippen molar-refractivity contribution >= 4 is 12.1 Å². The van der Waals surface area contributed by atoms with Gasteiger partial charge in [-0.15, -0.1) is 6.42 Å². The SMILES string of the molecule is C#CCOC(=O)NCCOCCOCCOCCC(=O)O. The molecule has 0 unspecified atom stereocenters. The summed E-state index contributed by atoms with van der Waals surface area (Å²) < 4.78 is 20.0. The van der Waals surface area contributed by atoms with Gasteiger partial charge in [-0.25, -0.2) is 4.79 Å². The summed E-state index contributed by atoms with van der Waals surface area (Å²) in [5.74, 6) is 1.29.